The summed E-state index contributed by atoms with van der Waals surface area (Å²) in [5.41, 5.74) is 1.86. The zero-order chi connectivity index (χ0) is 16.5. The topological polar surface area (TPSA) is 58.2 Å². The zero-order valence-corrected chi connectivity index (χ0v) is 13.5. The fourth-order valence-electron chi connectivity index (χ4n) is 2.10. The maximum absolute atomic E-state index is 11.7. The summed E-state index contributed by atoms with van der Waals surface area (Å²) in [6.07, 6.45) is 1.93. The molecule has 0 unspecified atom stereocenters. The number of halogens is 1. The first-order chi connectivity index (χ1) is 11.1. The molecule has 2 aromatic rings. The molecule has 2 N–H and O–H groups in total. The molecule has 0 aromatic heterocycles. The van der Waals surface area contributed by atoms with Gasteiger partial charge in [-0.15, -0.1) is 0 Å². The van der Waals surface area contributed by atoms with Gasteiger partial charge in [0.1, 0.15) is 0 Å². The maximum Gasteiger partial charge on any atom is 0.243 e. The molecular weight excluding hydrogens is 312 g/mol. The predicted molar refractivity (Wildman–Crippen MR) is 92.5 cm³/mol. The minimum Gasteiger partial charge on any atom is -0.347 e. The van der Waals surface area contributed by atoms with Crippen LogP contribution in [0.4, 0.5) is 5.69 Å². The van der Waals surface area contributed by atoms with Crippen molar-refractivity contribution in [2.45, 2.75) is 19.3 Å². The van der Waals surface area contributed by atoms with Crippen molar-refractivity contribution < 1.29 is 9.59 Å². The van der Waals surface area contributed by atoms with E-state index in [1.54, 1.807) is 12.1 Å². The zero-order valence-electron chi connectivity index (χ0n) is 12.7. The van der Waals surface area contributed by atoms with Gasteiger partial charge in [0.05, 0.1) is 6.54 Å². The number of para-hydroxylation sites is 1. The smallest absolute Gasteiger partial charge is 0.243 e. The summed E-state index contributed by atoms with van der Waals surface area (Å²) in [4.78, 5) is 23.4. The van der Waals surface area contributed by atoms with Crippen molar-refractivity contribution in [3.05, 3.63) is 65.2 Å². The molecule has 0 radical (unpaired) electrons. The fraction of sp³-hybridized carbons (Fsp3) is 0.222. The summed E-state index contributed by atoms with van der Waals surface area (Å²) < 4.78 is 0. The van der Waals surface area contributed by atoms with Crippen LogP contribution in [-0.2, 0) is 16.0 Å². The van der Waals surface area contributed by atoms with Crippen LogP contribution in [0.3, 0.4) is 0 Å². The molecular formula is C18H19ClN2O2. The quantitative estimate of drug-likeness (QED) is 0.817. The average molecular weight is 331 g/mol. The van der Waals surface area contributed by atoms with Gasteiger partial charge in [-0.1, -0.05) is 41.9 Å². The van der Waals surface area contributed by atoms with Crippen LogP contribution in [0.1, 0.15) is 18.4 Å². The van der Waals surface area contributed by atoms with Gasteiger partial charge in [-0.05, 0) is 42.7 Å². The minimum absolute atomic E-state index is 0.0192. The van der Waals surface area contributed by atoms with Crippen molar-refractivity contribution in [3.8, 4) is 0 Å². The highest BCUT2D eigenvalue weighted by Crippen LogP contribution is 2.11. The van der Waals surface area contributed by atoms with Gasteiger partial charge in [0.2, 0.25) is 11.8 Å². The van der Waals surface area contributed by atoms with Crippen LogP contribution in [-0.4, -0.2) is 18.4 Å². The van der Waals surface area contributed by atoms with Gasteiger partial charge in [0, 0.05) is 17.1 Å². The van der Waals surface area contributed by atoms with Gasteiger partial charge < -0.3 is 10.6 Å². The Morgan fingerprint density at radius 2 is 1.61 bits per heavy atom. The minimum atomic E-state index is -0.234. The van der Waals surface area contributed by atoms with E-state index in [1.165, 1.54) is 0 Å². The molecule has 2 amide bonds. The number of benzene rings is 2. The average Bonchev–Trinajstić information content (AvgIpc) is 2.56. The lowest BCUT2D eigenvalue weighted by atomic mass is 10.1. The molecule has 0 saturated heterocycles. The normalized spacial score (nSPS) is 10.1. The summed E-state index contributed by atoms with van der Waals surface area (Å²) in [7, 11) is 0. The Morgan fingerprint density at radius 3 is 2.30 bits per heavy atom. The molecule has 120 valence electrons. The molecule has 5 heteroatoms. The van der Waals surface area contributed by atoms with Crippen molar-refractivity contribution in [3.63, 3.8) is 0 Å². The Balaban J connectivity index is 1.63. The van der Waals surface area contributed by atoms with Crippen molar-refractivity contribution in [2.75, 3.05) is 11.9 Å². The first-order valence-electron chi connectivity index (χ1n) is 7.49. The lowest BCUT2D eigenvalue weighted by Gasteiger charge is -2.07. The molecule has 0 aliphatic heterocycles. The number of anilines is 1. The summed E-state index contributed by atoms with van der Waals surface area (Å²) in [5.74, 6) is -0.357. The molecule has 4 nitrogen and oxygen atoms in total. The number of carbonyl (C=O) groups excluding carboxylic acids is 2. The molecule has 2 aromatic carbocycles. The molecule has 0 aliphatic carbocycles. The van der Waals surface area contributed by atoms with E-state index in [0.717, 1.165) is 24.1 Å². The molecule has 2 rings (SSSR count). The van der Waals surface area contributed by atoms with E-state index in [4.69, 9.17) is 11.6 Å². The first kappa shape index (κ1) is 17.0. The van der Waals surface area contributed by atoms with Crippen LogP contribution in [0.2, 0.25) is 5.02 Å². The van der Waals surface area contributed by atoms with Gasteiger partial charge in [0.15, 0.2) is 0 Å². The van der Waals surface area contributed by atoms with Crippen molar-refractivity contribution in [2.24, 2.45) is 0 Å². The number of hydrogen-bond acceptors (Lipinski definition) is 2. The summed E-state index contributed by atoms with van der Waals surface area (Å²) >= 11 is 5.82. The SMILES string of the molecule is O=C(CCCc1ccc(Cl)cc1)NCC(=O)Nc1ccccc1. The van der Waals surface area contributed by atoms with E-state index >= 15 is 0 Å². The summed E-state index contributed by atoms with van der Waals surface area (Å²) in [6, 6.07) is 16.7. The Morgan fingerprint density at radius 1 is 0.913 bits per heavy atom. The van der Waals surface area contributed by atoms with Gasteiger partial charge in [0.25, 0.3) is 0 Å². The predicted octanol–water partition coefficient (Wildman–Crippen LogP) is 3.42. The van der Waals surface area contributed by atoms with Crippen molar-refractivity contribution in [1.29, 1.82) is 0 Å². The standard InChI is InChI=1S/C18H19ClN2O2/c19-15-11-9-14(10-12-15)5-4-8-17(22)20-13-18(23)21-16-6-2-1-3-7-16/h1-3,6-7,9-12H,4-5,8,13H2,(H,20,22)(H,21,23). The van der Waals surface area contributed by atoms with E-state index in [1.807, 2.05) is 42.5 Å². The van der Waals surface area contributed by atoms with Gasteiger partial charge in [-0.3, -0.25) is 9.59 Å². The molecule has 0 heterocycles. The van der Waals surface area contributed by atoms with Gasteiger partial charge in [-0.2, -0.15) is 0 Å². The number of hydrogen-bond donors (Lipinski definition) is 2. The van der Waals surface area contributed by atoms with Gasteiger partial charge in [-0.25, -0.2) is 0 Å². The summed E-state index contributed by atoms with van der Waals surface area (Å²) in [6.45, 7) is -0.0192. The molecule has 0 aliphatic rings. The Hall–Kier alpha value is -2.33. The number of nitrogens with one attached hydrogen (secondary N) is 2. The van der Waals surface area contributed by atoms with E-state index in [2.05, 4.69) is 10.6 Å². The molecule has 0 saturated carbocycles. The highest BCUT2D eigenvalue weighted by atomic mass is 35.5. The van der Waals surface area contributed by atoms with Crippen LogP contribution >= 0.6 is 11.6 Å². The Kier molecular flexibility index (Phi) is 6.63. The fourth-order valence-corrected chi connectivity index (χ4v) is 2.22. The van der Waals surface area contributed by atoms with Crippen LogP contribution in [0.25, 0.3) is 0 Å². The molecule has 0 spiro atoms. The van der Waals surface area contributed by atoms with Crippen LogP contribution in [0.15, 0.2) is 54.6 Å². The van der Waals surface area contributed by atoms with Crippen molar-refractivity contribution in [1.82, 2.24) is 5.32 Å². The number of rotatable bonds is 7. The second-order valence-corrected chi connectivity index (χ2v) is 5.61. The maximum atomic E-state index is 11.7. The Labute approximate surface area is 140 Å². The largest absolute Gasteiger partial charge is 0.347 e. The van der Waals surface area contributed by atoms with E-state index in [9.17, 15) is 9.59 Å². The lowest BCUT2D eigenvalue weighted by molar-refractivity contribution is -0.124. The third kappa shape index (κ3) is 6.53. The number of amides is 2. The highest BCUT2D eigenvalue weighted by Gasteiger charge is 2.06. The lowest BCUT2D eigenvalue weighted by Crippen LogP contribution is -2.32. The second-order valence-electron chi connectivity index (χ2n) is 5.17. The van der Waals surface area contributed by atoms with Crippen LogP contribution < -0.4 is 10.6 Å². The van der Waals surface area contributed by atoms with E-state index < -0.39 is 0 Å². The Bertz CT molecular complexity index is 642. The summed E-state index contributed by atoms with van der Waals surface area (Å²) in [5, 5.41) is 6.05. The third-order valence-electron chi connectivity index (χ3n) is 3.29. The monoisotopic (exact) mass is 330 g/mol. The molecule has 0 atom stereocenters. The molecule has 23 heavy (non-hydrogen) atoms. The van der Waals surface area contributed by atoms with Crippen LogP contribution in [0, 0.1) is 0 Å². The van der Waals surface area contributed by atoms with Crippen LogP contribution in [0.5, 0.6) is 0 Å². The van der Waals surface area contributed by atoms with E-state index in [0.29, 0.717) is 11.4 Å². The van der Waals surface area contributed by atoms with E-state index in [-0.39, 0.29) is 18.4 Å². The first-order valence-corrected chi connectivity index (χ1v) is 7.87. The van der Waals surface area contributed by atoms with Crippen molar-refractivity contribution >= 4 is 29.1 Å². The molecule has 0 fully saturated rings. The number of aryl methyl sites for hydroxylation is 1. The highest BCUT2D eigenvalue weighted by molar-refractivity contribution is 6.30. The molecule has 0 bridgehead atoms. The van der Waals surface area contributed by atoms with Gasteiger partial charge >= 0.3 is 0 Å². The second kappa shape index (κ2) is 8.96. The third-order valence-corrected chi connectivity index (χ3v) is 3.54. The number of carbonyl (C=O) groups is 2.